The van der Waals surface area contributed by atoms with Crippen molar-refractivity contribution in [2.45, 2.75) is 97.8 Å². The Morgan fingerprint density at radius 2 is 0.864 bits per heavy atom. The first-order chi connectivity index (χ1) is 10.7. The van der Waals surface area contributed by atoms with Crippen LogP contribution < -0.4 is 0 Å². The zero-order valence-corrected chi connectivity index (χ0v) is 16.8. The van der Waals surface area contributed by atoms with Crippen molar-refractivity contribution in [1.29, 1.82) is 0 Å². The average Bonchev–Trinajstić information content (AvgIpc) is 2.55. The lowest BCUT2D eigenvalue weighted by molar-refractivity contribution is 0.282. The number of hydrogen-bond acceptors (Lipinski definition) is 1. The monoisotopic (exact) mass is 331 g/mol. The molecule has 0 radical (unpaired) electrons. The summed E-state index contributed by atoms with van der Waals surface area (Å²) in [5.74, 6) is 0. The second-order valence-electron chi connectivity index (χ2n) is 7.14. The van der Waals surface area contributed by atoms with Gasteiger partial charge in [-0.05, 0) is 38.5 Å². The molecule has 0 amide bonds. The van der Waals surface area contributed by atoms with E-state index in [0.717, 1.165) is 6.42 Å². The highest BCUT2D eigenvalue weighted by Gasteiger charge is 2.34. The SMILES string of the molecule is CCCC[P+](CCCC)(CCCC)CCCCCCCCO. The Kier molecular flexibility index (Phi) is 16.5. The molecule has 0 saturated carbocycles. The van der Waals surface area contributed by atoms with E-state index in [4.69, 9.17) is 5.11 Å². The molecule has 0 unspecified atom stereocenters. The van der Waals surface area contributed by atoms with Gasteiger partial charge in [0, 0.05) is 13.9 Å². The molecule has 0 fully saturated rings. The van der Waals surface area contributed by atoms with E-state index in [1.807, 2.05) is 0 Å². The van der Waals surface area contributed by atoms with Crippen LogP contribution in [0.3, 0.4) is 0 Å². The molecular weight excluding hydrogens is 287 g/mol. The number of aliphatic hydroxyl groups excluding tert-OH is 1. The van der Waals surface area contributed by atoms with Gasteiger partial charge in [-0.25, -0.2) is 0 Å². The van der Waals surface area contributed by atoms with Gasteiger partial charge in [0.1, 0.15) is 0 Å². The van der Waals surface area contributed by atoms with Crippen LogP contribution in [0.25, 0.3) is 0 Å². The van der Waals surface area contributed by atoms with Crippen molar-refractivity contribution in [3.63, 3.8) is 0 Å². The molecule has 1 N–H and O–H groups in total. The van der Waals surface area contributed by atoms with Crippen LogP contribution in [0.5, 0.6) is 0 Å². The van der Waals surface area contributed by atoms with E-state index in [0.29, 0.717) is 6.61 Å². The number of unbranched alkanes of at least 4 members (excludes halogenated alkanes) is 8. The van der Waals surface area contributed by atoms with Crippen molar-refractivity contribution in [2.75, 3.05) is 31.3 Å². The molecule has 1 nitrogen and oxygen atoms in total. The molecule has 0 saturated heterocycles. The maximum Gasteiger partial charge on any atom is 0.0594 e. The number of aliphatic hydroxyl groups is 1. The third kappa shape index (κ3) is 11.9. The first kappa shape index (κ1) is 22.4. The summed E-state index contributed by atoms with van der Waals surface area (Å²) in [7, 11) is -0.647. The minimum atomic E-state index is -0.647. The average molecular weight is 332 g/mol. The summed E-state index contributed by atoms with van der Waals surface area (Å²) < 4.78 is 0. The van der Waals surface area contributed by atoms with Crippen molar-refractivity contribution < 1.29 is 5.11 Å². The van der Waals surface area contributed by atoms with E-state index in [1.165, 1.54) is 70.6 Å². The smallest absolute Gasteiger partial charge is 0.0594 e. The molecule has 0 atom stereocenters. The summed E-state index contributed by atoms with van der Waals surface area (Å²) >= 11 is 0. The van der Waals surface area contributed by atoms with Gasteiger partial charge < -0.3 is 5.11 Å². The Hall–Kier alpha value is 0.390. The molecule has 0 rings (SSSR count). The van der Waals surface area contributed by atoms with Crippen LogP contribution in [0.15, 0.2) is 0 Å². The van der Waals surface area contributed by atoms with Crippen molar-refractivity contribution in [1.82, 2.24) is 0 Å². The van der Waals surface area contributed by atoms with Crippen molar-refractivity contribution >= 4 is 7.26 Å². The molecule has 2 heteroatoms. The van der Waals surface area contributed by atoms with Gasteiger partial charge in [0.25, 0.3) is 0 Å². The molecule has 0 heterocycles. The van der Waals surface area contributed by atoms with Crippen LogP contribution >= 0.6 is 7.26 Å². The molecule has 22 heavy (non-hydrogen) atoms. The van der Waals surface area contributed by atoms with Gasteiger partial charge in [-0.3, -0.25) is 0 Å². The number of hydrogen-bond donors (Lipinski definition) is 1. The highest BCUT2D eigenvalue weighted by molar-refractivity contribution is 7.75. The summed E-state index contributed by atoms with van der Waals surface area (Å²) in [5.41, 5.74) is 0. The highest BCUT2D eigenvalue weighted by Crippen LogP contribution is 2.61. The molecule has 0 spiro atoms. The van der Waals surface area contributed by atoms with E-state index in [9.17, 15) is 0 Å². The van der Waals surface area contributed by atoms with Gasteiger partial charge in [0.2, 0.25) is 0 Å². The van der Waals surface area contributed by atoms with Gasteiger partial charge in [0.05, 0.1) is 24.6 Å². The molecule has 0 aliphatic carbocycles. The zero-order chi connectivity index (χ0) is 16.5. The summed E-state index contributed by atoms with van der Waals surface area (Å²) in [6, 6.07) is 0. The Labute approximate surface area is 142 Å². The molecule has 0 aliphatic heterocycles. The molecule has 0 aromatic rings. The minimum Gasteiger partial charge on any atom is -0.396 e. The standard InChI is InChI=1S/C20H44OP/c1-4-7-17-22(18-8-5-2,19-9-6-3)20-15-13-11-10-12-14-16-21/h21H,4-20H2,1-3H3/q+1. The summed E-state index contributed by atoms with van der Waals surface area (Å²) in [4.78, 5) is 0. The largest absolute Gasteiger partial charge is 0.396 e. The van der Waals surface area contributed by atoms with Crippen molar-refractivity contribution in [2.24, 2.45) is 0 Å². The molecular formula is C20H44OP+. The lowest BCUT2D eigenvalue weighted by Crippen LogP contribution is -2.13. The third-order valence-electron chi connectivity index (χ3n) is 5.00. The van der Waals surface area contributed by atoms with Gasteiger partial charge >= 0.3 is 0 Å². The Bertz CT molecular complexity index is 196. The Morgan fingerprint density at radius 1 is 0.500 bits per heavy atom. The first-order valence-electron chi connectivity index (χ1n) is 10.2. The zero-order valence-electron chi connectivity index (χ0n) is 15.9. The Balaban J connectivity index is 4.21. The van der Waals surface area contributed by atoms with E-state index in [-0.39, 0.29) is 0 Å². The minimum absolute atomic E-state index is 0.375. The fourth-order valence-electron chi connectivity index (χ4n) is 3.42. The lowest BCUT2D eigenvalue weighted by atomic mass is 10.1. The van der Waals surface area contributed by atoms with E-state index in [2.05, 4.69) is 20.8 Å². The Morgan fingerprint density at radius 3 is 1.27 bits per heavy atom. The quantitative estimate of drug-likeness (QED) is 0.231. The van der Waals surface area contributed by atoms with Crippen molar-refractivity contribution in [3.8, 4) is 0 Å². The van der Waals surface area contributed by atoms with E-state index in [1.54, 1.807) is 24.6 Å². The fraction of sp³-hybridized carbons (Fsp3) is 1.00. The topological polar surface area (TPSA) is 20.2 Å². The molecule has 0 aromatic carbocycles. The van der Waals surface area contributed by atoms with Crippen LogP contribution in [0.1, 0.15) is 97.8 Å². The molecule has 0 aliphatic rings. The van der Waals surface area contributed by atoms with Crippen molar-refractivity contribution in [3.05, 3.63) is 0 Å². The van der Waals surface area contributed by atoms with Gasteiger partial charge in [-0.15, -0.1) is 0 Å². The van der Waals surface area contributed by atoms with Gasteiger partial charge in [-0.2, -0.15) is 0 Å². The van der Waals surface area contributed by atoms with Crippen LogP contribution in [0.4, 0.5) is 0 Å². The molecule has 0 aromatic heterocycles. The van der Waals surface area contributed by atoms with Crippen LogP contribution in [-0.2, 0) is 0 Å². The maximum absolute atomic E-state index is 8.83. The first-order valence-corrected chi connectivity index (χ1v) is 12.7. The summed E-state index contributed by atoms with van der Waals surface area (Å²) in [6.07, 6.45) is 22.7. The van der Waals surface area contributed by atoms with Crippen LogP contribution in [0, 0.1) is 0 Å². The molecule has 134 valence electrons. The van der Waals surface area contributed by atoms with Crippen LogP contribution in [-0.4, -0.2) is 36.4 Å². The van der Waals surface area contributed by atoms with Crippen LogP contribution in [0.2, 0.25) is 0 Å². The highest BCUT2D eigenvalue weighted by atomic mass is 31.2. The second kappa shape index (κ2) is 16.3. The maximum atomic E-state index is 8.83. The second-order valence-corrected chi connectivity index (χ2v) is 11.6. The van der Waals surface area contributed by atoms with E-state index >= 15 is 0 Å². The third-order valence-corrected chi connectivity index (χ3v) is 10.1. The molecule has 0 bridgehead atoms. The van der Waals surface area contributed by atoms with E-state index < -0.39 is 7.26 Å². The lowest BCUT2D eigenvalue weighted by Gasteiger charge is -2.28. The fourth-order valence-corrected chi connectivity index (χ4v) is 8.61. The predicted octanol–water partition coefficient (Wildman–Crippen LogP) is 6.74. The number of rotatable bonds is 17. The predicted molar refractivity (Wildman–Crippen MR) is 106 cm³/mol. The van der Waals surface area contributed by atoms with Gasteiger partial charge in [-0.1, -0.05) is 59.3 Å². The van der Waals surface area contributed by atoms with Gasteiger partial charge in [0.15, 0.2) is 0 Å². The summed E-state index contributed by atoms with van der Waals surface area (Å²) in [5, 5.41) is 8.83. The summed E-state index contributed by atoms with van der Waals surface area (Å²) in [6.45, 7) is 7.44. The normalized spacial score (nSPS) is 12.0.